The first kappa shape index (κ1) is 19.6. The highest BCUT2D eigenvalue weighted by molar-refractivity contribution is 14.0. The van der Waals surface area contributed by atoms with Crippen molar-refractivity contribution in [2.45, 2.75) is 39.8 Å². The van der Waals surface area contributed by atoms with Crippen LogP contribution < -0.4 is 10.6 Å². The summed E-state index contributed by atoms with van der Waals surface area (Å²) >= 11 is 1.71. The highest BCUT2D eigenvalue weighted by Gasteiger charge is 2.16. The predicted molar refractivity (Wildman–Crippen MR) is 96.3 cm³/mol. The summed E-state index contributed by atoms with van der Waals surface area (Å²) in [6.45, 7) is 9.56. The first-order valence-corrected chi connectivity index (χ1v) is 7.12. The summed E-state index contributed by atoms with van der Waals surface area (Å²) in [5, 5.41) is 7.64. The van der Waals surface area contributed by atoms with Crippen LogP contribution in [0.1, 0.15) is 29.4 Å². The number of aromatic nitrogens is 1. The minimum Gasteiger partial charge on any atom is -0.377 e. The van der Waals surface area contributed by atoms with Gasteiger partial charge in [-0.2, -0.15) is 0 Å². The van der Waals surface area contributed by atoms with Gasteiger partial charge in [0.2, 0.25) is 0 Å². The molecular formula is C13H25IN4OS. The molecule has 7 heteroatoms. The van der Waals surface area contributed by atoms with Crippen LogP contribution in [0.4, 0.5) is 0 Å². The Kier molecular flexibility index (Phi) is 8.60. The first-order chi connectivity index (χ1) is 8.88. The molecule has 0 saturated heterocycles. The molecule has 5 nitrogen and oxygen atoms in total. The van der Waals surface area contributed by atoms with Crippen molar-refractivity contribution in [3.63, 3.8) is 0 Å². The van der Waals surface area contributed by atoms with Crippen molar-refractivity contribution in [2.24, 2.45) is 4.99 Å². The van der Waals surface area contributed by atoms with Crippen molar-refractivity contribution in [3.8, 4) is 0 Å². The maximum absolute atomic E-state index is 5.36. The Bertz CT molecular complexity index is 446. The molecule has 0 amide bonds. The number of hydrogen-bond donors (Lipinski definition) is 2. The van der Waals surface area contributed by atoms with Crippen LogP contribution >= 0.6 is 35.3 Å². The first-order valence-electron chi connectivity index (χ1n) is 6.30. The molecule has 0 aromatic carbocycles. The second kappa shape index (κ2) is 8.78. The zero-order chi connectivity index (χ0) is 14.5. The van der Waals surface area contributed by atoms with Gasteiger partial charge in [0.25, 0.3) is 0 Å². The van der Waals surface area contributed by atoms with Crippen LogP contribution in [0.5, 0.6) is 0 Å². The van der Waals surface area contributed by atoms with Gasteiger partial charge in [0, 0.05) is 25.6 Å². The second-order valence-corrected chi connectivity index (χ2v) is 6.27. The highest BCUT2D eigenvalue weighted by atomic mass is 127. The Labute approximate surface area is 142 Å². The minimum absolute atomic E-state index is 0. The summed E-state index contributed by atoms with van der Waals surface area (Å²) < 4.78 is 5.36. The van der Waals surface area contributed by atoms with E-state index in [9.17, 15) is 0 Å². The largest absolute Gasteiger partial charge is 0.377 e. The summed E-state index contributed by atoms with van der Waals surface area (Å²) in [6.07, 6.45) is 0. The third-order valence-electron chi connectivity index (χ3n) is 2.87. The molecule has 1 rings (SSSR count). The number of halogens is 1. The Morgan fingerprint density at radius 2 is 2.00 bits per heavy atom. The van der Waals surface area contributed by atoms with Crippen molar-refractivity contribution in [1.82, 2.24) is 15.6 Å². The topological polar surface area (TPSA) is 58.5 Å². The van der Waals surface area contributed by atoms with Gasteiger partial charge < -0.3 is 15.4 Å². The average molecular weight is 412 g/mol. The second-order valence-electron chi connectivity index (χ2n) is 4.98. The van der Waals surface area contributed by atoms with Crippen LogP contribution in [-0.2, 0) is 11.3 Å². The van der Waals surface area contributed by atoms with E-state index in [4.69, 9.17) is 4.74 Å². The molecule has 0 aliphatic heterocycles. The number of ether oxygens (including phenoxy) is 1. The maximum Gasteiger partial charge on any atom is 0.191 e. The van der Waals surface area contributed by atoms with Gasteiger partial charge in [-0.25, -0.2) is 4.98 Å². The molecule has 1 heterocycles. The number of guanidine groups is 1. The molecule has 1 aromatic heterocycles. The van der Waals surface area contributed by atoms with Crippen LogP contribution in [0, 0.1) is 13.8 Å². The van der Waals surface area contributed by atoms with E-state index in [1.165, 1.54) is 4.88 Å². The standard InChI is InChI=1S/C13H24N4OS.HI/c1-9-11(19-10(2)17-9)7-15-12(14-5)16-8-13(3,4)18-6;/h7-8H2,1-6H3,(H2,14,15,16);1H. The number of nitrogens with zero attached hydrogens (tertiary/aromatic N) is 2. The molecule has 0 radical (unpaired) electrons. The molecule has 0 bridgehead atoms. The van der Waals surface area contributed by atoms with Crippen molar-refractivity contribution in [2.75, 3.05) is 20.7 Å². The van der Waals surface area contributed by atoms with E-state index in [2.05, 4.69) is 20.6 Å². The zero-order valence-electron chi connectivity index (χ0n) is 13.0. The number of aliphatic imine (C=N–C) groups is 1. The van der Waals surface area contributed by atoms with Gasteiger partial charge in [-0.15, -0.1) is 35.3 Å². The summed E-state index contributed by atoms with van der Waals surface area (Å²) in [5.41, 5.74) is 0.872. The molecule has 0 fully saturated rings. The predicted octanol–water partition coefficient (Wildman–Crippen LogP) is 2.47. The smallest absolute Gasteiger partial charge is 0.191 e. The van der Waals surface area contributed by atoms with E-state index in [1.54, 1.807) is 25.5 Å². The maximum atomic E-state index is 5.36. The van der Waals surface area contributed by atoms with Crippen LogP contribution in [0.3, 0.4) is 0 Å². The lowest BCUT2D eigenvalue weighted by Gasteiger charge is -2.24. The fraction of sp³-hybridized carbons (Fsp3) is 0.692. The molecule has 0 aliphatic rings. The number of hydrogen-bond acceptors (Lipinski definition) is 4. The van der Waals surface area contributed by atoms with Gasteiger partial charge in [0.1, 0.15) is 0 Å². The van der Waals surface area contributed by atoms with E-state index in [0.29, 0.717) is 6.54 Å². The molecule has 0 unspecified atom stereocenters. The molecule has 0 saturated carbocycles. The Morgan fingerprint density at radius 1 is 1.35 bits per heavy atom. The third kappa shape index (κ3) is 6.36. The van der Waals surface area contributed by atoms with Gasteiger partial charge in [-0.3, -0.25) is 4.99 Å². The van der Waals surface area contributed by atoms with E-state index >= 15 is 0 Å². The Balaban J connectivity index is 0.00000361. The summed E-state index contributed by atoms with van der Waals surface area (Å²) in [4.78, 5) is 9.85. The number of thiazole rings is 1. The third-order valence-corrected chi connectivity index (χ3v) is 3.95. The molecule has 20 heavy (non-hydrogen) atoms. The Morgan fingerprint density at radius 3 is 2.45 bits per heavy atom. The lowest BCUT2D eigenvalue weighted by atomic mass is 10.1. The van der Waals surface area contributed by atoms with Gasteiger partial charge in [-0.1, -0.05) is 0 Å². The molecule has 116 valence electrons. The van der Waals surface area contributed by atoms with E-state index in [1.807, 2.05) is 27.7 Å². The van der Waals surface area contributed by atoms with Crippen LogP contribution in [-0.4, -0.2) is 37.2 Å². The quantitative estimate of drug-likeness (QED) is 0.443. The summed E-state index contributed by atoms with van der Waals surface area (Å²) in [7, 11) is 3.47. The monoisotopic (exact) mass is 412 g/mol. The summed E-state index contributed by atoms with van der Waals surface area (Å²) in [6, 6.07) is 0. The minimum atomic E-state index is -0.214. The lowest BCUT2D eigenvalue weighted by Crippen LogP contribution is -2.45. The fourth-order valence-corrected chi connectivity index (χ4v) is 2.37. The fourth-order valence-electron chi connectivity index (χ4n) is 1.49. The molecular weight excluding hydrogens is 387 g/mol. The SMILES string of the molecule is CN=C(NCc1sc(C)nc1C)NCC(C)(C)OC.I. The number of nitrogens with one attached hydrogen (secondary N) is 2. The van der Waals surface area contributed by atoms with Crippen molar-refractivity contribution >= 4 is 41.3 Å². The van der Waals surface area contributed by atoms with Gasteiger partial charge in [-0.05, 0) is 27.7 Å². The molecule has 2 N–H and O–H groups in total. The highest BCUT2D eigenvalue weighted by Crippen LogP contribution is 2.16. The van der Waals surface area contributed by atoms with Crippen molar-refractivity contribution in [3.05, 3.63) is 15.6 Å². The number of rotatable bonds is 5. The molecule has 0 aliphatic carbocycles. The van der Waals surface area contributed by atoms with Crippen LogP contribution in [0.15, 0.2) is 4.99 Å². The van der Waals surface area contributed by atoms with Gasteiger partial charge in [0.05, 0.1) is 22.8 Å². The molecule has 0 spiro atoms. The summed E-state index contributed by atoms with van der Waals surface area (Å²) in [5.74, 6) is 0.774. The van der Waals surface area contributed by atoms with E-state index in [-0.39, 0.29) is 29.6 Å². The molecule has 1 aromatic rings. The van der Waals surface area contributed by atoms with Gasteiger partial charge >= 0.3 is 0 Å². The lowest BCUT2D eigenvalue weighted by molar-refractivity contribution is 0.0268. The van der Waals surface area contributed by atoms with Gasteiger partial charge in [0.15, 0.2) is 5.96 Å². The van der Waals surface area contributed by atoms with Crippen molar-refractivity contribution in [1.29, 1.82) is 0 Å². The van der Waals surface area contributed by atoms with E-state index < -0.39 is 0 Å². The zero-order valence-corrected chi connectivity index (χ0v) is 16.2. The average Bonchev–Trinajstić information content (AvgIpc) is 2.68. The number of aryl methyl sites for hydroxylation is 2. The van der Waals surface area contributed by atoms with E-state index in [0.717, 1.165) is 23.2 Å². The molecule has 0 atom stereocenters. The van der Waals surface area contributed by atoms with Crippen LogP contribution in [0.2, 0.25) is 0 Å². The normalized spacial score (nSPS) is 12.0. The van der Waals surface area contributed by atoms with Crippen molar-refractivity contribution < 1.29 is 4.74 Å². The Hall–Kier alpha value is -0.410. The van der Waals surface area contributed by atoms with Crippen LogP contribution in [0.25, 0.3) is 0 Å². The number of methoxy groups -OCH3 is 1.